The normalized spacial score (nSPS) is 13.0. The Kier molecular flexibility index (Phi) is 3.21. The number of hydrogen-bond donors (Lipinski definition) is 0. The molecule has 6 rings (SSSR count). The Morgan fingerprint density at radius 2 is 1.36 bits per heavy atom. The van der Waals surface area contributed by atoms with Crippen LogP contribution in [0.1, 0.15) is 5.56 Å². The Balaban J connectivity index is 1.67. The zero-order valence-corrected chi connectivity index (χ0v) is 15.5. The number of hydrogen-bond acceptors (Lipinski definition) is 2. The highest BCUT2D eigenvalue weighted by atomic mass is 16.5. The van der Waals surface area contributed by atoms with Crippen molar-refractivity contribution in [2.45, 2.75) is 6.92 Å². The van der Waals surface area contributed by atoms with Gasteiger partial charge in [0.25, 0.3) is 6.71 Å². The summed E-state index contributed by atoms with van der Waals surface area (Å²) in [4.78, 5) is 0. The van der Waals surface area contributed by atoms with Gasteiger partial charge in [-0.1, -0.05) is 66.2 Å². The smallest absolute Gasteiger partial charge is 0.260 e. The first-order valence-corrected chi connectivity index (χ1v) is 9.57. The number of para-hydroxylation sites is 2. The Labute approximate surface area is 164 Å². The molecule has 28 heavy (non-hydrogen) atoms. The van der Waals surface area contributed by atoms with E-state index in [9.17, 15) is 0 Å². The molecule has 4 aromatic carbocycles. The summed E-state index contributed by atoms with van der Waals surface area (Å²) in [6.07, 6.45) is 0. The number of rotatable bonds is 1. The van der Waals surface area contributed by atoms with Crippen molar-refractivity contribution < 1.29 is 9.47 Å². The topological polar surface area (TPSA) is 18.5 Å². The van der Waals surface area contributed by atoms with Crippen LogP contribution in [-0.2, 0) is 0 Å². The van der Waals surface area contributed by atoms with Crippen LogP contribution in [0.25, 0.3) is 11.1 Å². The molecule has 2 heterocycles. The molecule has 0 saturated carbocycles. The summed E-state index contributed by atoms with van der Waals surface area (Å²) < 4.78 is 12.8. The van der Waals surface area contributed by atoms with Crippen molar-refractivity contribution in [2.75, 3.05) is 0 Å². The monoisotopic (exact) mass is 360 g/mol. The molecule has 0 aromatic heterocycles. The van der Waals surface area contributed by atoms with Crippen LogP contribution in [0.15, 0.2) is 84.9 Å². The average molecular weight is 360 g/mol. The third kappa shape index (κ3) is 2.16. The van der Waals surface area contributed by atoms with Gasteiger partial charge >= 0.3 is 0 Å². The van der Waals surface area contributed by atoms with E-state index in [2.05, 4.69) is 73.7 Å². The van der Waals surface area contributed by atoms with Gasteiger partial charge in [0, 0.05) is 11.0 Å². The molecule has 0 unspecified atom stereocenters. The first-order valence-electron chi connectivity index (χ1n) is 9.57. The molecule has 0 N–H and O–H groups in total. The van der Waals surface area contributed by atoms with Crippen molar-refractivity contribution in [2.24, 2.45) is 0 Å². The molecule has 2 nitrogen and oxygen atoms in total. The second-order valence-corrected chi connectivity index (χ2v) is 7.44. The standard InChI is InChI=1S/C25H17BO2/c1-16-7-6-8-17(15-16)18-13-14-23-24-25(18)28-22-12-5-3-10-20(22)26(24)19-9-2-4-11-21(19)27-23/h2-15H,1H3. The maximum Gasteiger partial charge on any atom is 0.260 e. The van der Waals surface area contributed by atoms with Crippen molar-refractivity contribution in [3.8, 4) is 34.1 Å². The highest BCUT2D eigenvalue weighted by molar-refractivity contribution is 6.98. The SMILES string of the molecule is Cc1cccc(-c2ccc3c4c2Oc2ccccc2B4c2ccccc2O3)c1. The summed E-state index contributed by atoms with van der Waals surface area (Å²) in [5.41, 5.74) is 7.00. The summed E-state index contributed by atoms with van der Waals surface area (Å²) in [5.74, 6) is 3.62. The van der Waals surface area contributed by atoms with Gasteiger partial charge in [-0.3, -0.25) is 0 Å². The van der Waals surface area contributed by atoms with Gasteiger partial charge < -0.3 is 9.47 Å². The summed E-state index contributed by atoms with van der Waals surface area (Å²) in [5, 5.41) is 0. The van der Waals surface area contributed by atoms with Gasteiger partial charge in [0.1, 0.15) is 23.0 Å². The number of benzene rings is 4. The molecule has 0 amide bonds. The van der Waals surface area contributed by atoms with Crippen LogP contribution in [0.5, 0.6) is 23.0 Å². The van der Waals surface area contributed by atoms with Crippen molar-refractivity contribution >= 4 is 23.1 Å². The van der Waals surface area contributed by atoms with E-state index in [0.29, 0.717) is 0 Å². The lowest BCUT2D eigenvalue weighted by Gasteiger charge is -2.33. The van der Waals surface area contributed by atoms with E-state index < -0.39 is 0 Å². The van der Waals surface area contributed by atoms with Crippen molar-refractivity contribution in [3.63, 3.8) is 0 Å². The van der Waals surface area contributed by atoms with Crippen LogP contribution in [0.3, 0.4) is 0 Å². The van der Waals surface area contributed by atoms with Crippen LogP contribution in [-0.4, -0.2) is 6.71 Å². The molecule has 2 aliphatic heterocycles. The minimum Gasteiger partial charge on any atom is -0.458 e. The molecule has 0 spiro atoms. The zero-order valence-electron chi connectivity index (χ0n) is 15.5. The van der Waals surface area contributed by atoms with Gasteiger partial charge in [-0.25, -0.2) is 0 Å². The largest absolute Gasteiger partial charge is 0.458 e. The quantitative estimate of drug-likeness (QED) is 0.405. The molecule has 132 valence electrons. The van der Waals surface area contributed by atoms with Crippen molar-refractivity contribution in [1.29, 1.82) is 0 Å². The average Bonchev–Trinajstić information content (AvgIpc) is 2.73. The lowest BCUT2D eigenvalue weighted by atomic mass is 9.34. The molecule has 3 heteroatoms. The van der Waals surface area contributed by atoms with Gasteiger partial charge in [0.15, 0.2) is 0 Å². The summed E-state index contributed by atoms with van der Waals surface area (Å²) in [6.45, 7) is 2.23. The van der Waals surface area contributed by atoms with E-state index in [4.69, 9.17) is 9.47 Å². The van der Waals surface area contributed by atoms with Gasteiger partial charge in [-0.05, 0) is 47.7 Å². The summed E-state index contributed by atoms with van der Waals surface area (Å²) >= 11 is 0. The fourth-order valence-corrected chi connectivity index (χ4v) is 4.42. The van der Waals surface area contributed by atoms with Crippen molar-refractivity contribution in [1.82, 2.24) is 0 Å². The maximum absolute atomic E-state index is 6.48. The predicted molar refractivity (Wildman–Crippen MR) is 114 cm³/mol. The number of fused-ring (bicyclic) bond motifs is 4. The lowest BCUT2D eigenvalue weighted by molar-refractivity contribution is 0.465. The zero-order chi connectivity index (χ0) is 18.7. The third-order valence-corrected chi connectivity index (χ3v) is 5.67. The second-order valence-electron chi connectivity index (χ2n) is 7.44. The Morgan fingerprint density at radius 3 is 2.11 bits per heavy atom. The van der Waals surface area contributed by atoms with E-state index in [1.54, 1.807) is 0 Å². The minimum atomic E-state index is 0.115. The Morgan fingerprint density at radius 1 is 0.643 bits per heavy atom. The molecule has 0 atom stereocenters. The number of ether oxygens (including phenoxy) is 2. The minimum absolute atomic E-state index is 0.115. The van der Waals surface area contributed by atoms with Gasteiger partial charge in [-0.2, -0.15) is 0 Å². The fraction of sp³-hybridized carbons (Fsp3) is 0.0400. The Hall–Kier alpha value is -3.46. The highest BCUT2D eigenvalue weighted by Crippen LogP contribution is 2.40. The van der Waals surface area contributed by atoms with Gasteiger partial charge in [0.2, 0.25) is 0 Å². The molecule has 0 fully saturated rings. The van der Waals surface area contributed by atoms with Gasteiger partial charge in [-0.15, -0.1) is 0 Å². The summed E-state index contributed by atoms with van der Waals surface area (Å²) in [6, 6.07) is 29.4. The van der Waals surface area contributed by atoms with Crippen LogP contribution in [0.4, 0.5) is 0 Å². The van der Waals surface area contributed by atoms with E-state index >= 15 is 0 Å². The molecule has 0 aliphatic carbocycles. The molecular formula is C25H17BO2. The molecular weight excluding hydrogens is 343 g/mol. The predicted octanol–water partition coefficient (Wildman–Crippen LogP) is 4.39. The van der Waals surface area contributed by atoms with Crippen LogP contribution in [0, 0.1) is 6.92 Å². The first kappa shape index (κ1) is 15.6. The summed E-state index contributed by atoms with van der Waals surface area (Å²) in [7, 11) is 0. The molecule has 0 saturated heterocycles. The van der Waals surface area contributed by atoms with Crippen LogP contribution < -0.4 is 25.9 Å². The molecule has 0 radical (unpaired) electrons. The van der Waals surface area contributed by atoms with Crippen molar-refractivity contribution in [3.05, 3.63) is 90.5 Å². The second kappa shape index (κ2) is 5.77. The van der Waals surface area contributed by atoms with E-state index in [0.717, 1.165) is 39.6 Å². The lowest BCUT2D eigenvalue weighted by Crippen LogP contribution is -2.57. The molecule has 4 aromatic rings. The van der Waals surface area contributed by atoms with Crippen LogP contribution in [0.2, 0.25) is 0 Å². The fourth-order valence-electron chi connectivity index (χ4n) is 4.42. The third-order valence-electron chi connectivity index (χ3n) is 5.67. The van der Waals surface area contributed by atoms with Crippen LogP contribution >= 0.6 is 0 Å². The Bertz CT molecular complexity index is 1230. The van der Waals surface area contributed by atoms with E-state index in [1.165, 1.54) is 16.5 Å². The highest BCUT2D eigenvalue weighted by Gasteiger charge is 2.40. The molecule has 2 aliphatic rings. The number of aryl methyl sites for hydroxylation is 1. The first-order chi connectivity index (χ1) is 13.8. The van der Waals surface area contributed by atoms with Gasteiger partial charge in [0.05, 0.1) is 0 Å². The van der Waals surface area contributed by atoms with E-state index in [-0.39, 0.29) is 6.71 Å². The molecule has 0 bridgehead atoms. The van der Waals surface area contributed by atoms with E-state index in [1.807, 2.05) is 18.2 Å². The maximum atomic E-state index is 6.48.